The maximum Gasteiger partial charge on any atom is 0.306 e. The number of Topliss-reactive ketones (excluding diaryl/α,β-unsaturated/α-hetero) is 1. The number of rotatable bonds is 0. The van der Waals surface area contributed by atoms with Gasteiger partial charge >= 0.3 is 5.97 Å². The summed E-state index contributed by atoms with van der Waals surface area (Å²) in [6, 6.07) is 0. The highest BCUT2D eigenvalue weighted by molar-refractivity contribution is 6.01. The van der Waals surface area contributed by atoms with Gasteiger partial charge in [-0.3, -0.25) is 9.59 Å². The Labute approximate surface area is 88.5 Å². The number of hydrogen-bond acceptors (Lipinski definition) is 3. The van der Waals surface area contributed by atoms with E-state index >= 15 is 0 Å². The van der Waals surface area contributed by atoms with Crippen LogP contribution in [0.2, 0.25) is 0 Å². The standard InChI is InChI=1S/C12H14O3/c13-11-6-9-10(15-11)5-4-7-2-1-3-8(7)12(9)14/h3,7,9-10H,1-2,4-6H2/t7-,9-,10+/m1/s1. The number of allylic oxidation sites excluding steroid dienone is 2. The zero-order valence-electron chi connectivity index (χ0n) is 8.57. The number of fused-ring (bicyclic) bond motifs is 2. The highest BCUT2D eigenvalue weighted by atomic mass is 16.5. The Balaban J connectivity index is 1.92. The van der Waals surface area contributed by atoms with E-state index in [4.69, 9.17) is 4.74 Å². The molecule has 0 N–H and O–H groups in total. The van der Waals surface area contributed by atoms with Gasteiger partial charge in [0.05, 0.1) is 12.3 Å². The second-order valence-corrected chi connectivity index (χ2v) is 4.71. The number of hydrogen-bond donors (Lipinski definition) is 0. The van der Waals surface area contributed by atoms with Gasteiger partial charge in [0.1, 0.15) is 6.10 Å². The van der Waals surface area contributed by atoms with Gasteiger partial charge in [-0.15, -0.1) is 0 Å². The van der Waals surface area contributed by atoms with E-state index in [0.29, 0.717) is 12.3 Å². The van der Waals surface area contributed by atoms with Crippen molar-refractivity contribution in [2.45, 2.75) is 38.2 Å². The molecular formula is C12H14O3. The fourth-order valence-corrected chi connectivity index (χ4v) is 3.08. The number of carbonyl (C=O) groups is 2. The molecule has 1 heterocycles. The summed E-state index contributed by atoms with van der Waals surface area (Å²) in [4.78, 5) is 23.3. The van der Waals surface area contributed by atoms with Gasteiger partial charge in [0.15, 0.2) is 5.78 Å². The minimum atomic E-state index is -0.199. The molecule has 0 radical (unpaired) electrons. The van der Waals surface area contributed by atoms with Crippen LogP contribution >= 0.6 is 0 Å². The van der Waals surface area contributed by atoms with Gasteiger partial charge in [-0.2, -0.15) is 0 Å². The van der Waals surface area contributed by atoms with Crippen LogP contribution in [0.15, 0.2) is 11.6 Å². The minimum Gasteiger partial charge on any atom is -0.462 e. The average molecular weight is 206 g/mol. The molecule has 0 aromatic carbocycles. The first kappa shape index (κ1) is 9.13. The van der Waals surface area contributed by atoms with Crippen LogP contribution in [0.5, 0.6) is 0 Å². The third kappa shape index (κ3) is 1.33. The van der Waals surface area contributed by atoms with Crippen molar-refractivity contribution < 1.29 is 14.3 Å². The molecule has 0 bridgehead atoms. The van der Waals surface area contributed by atoms with Gasteiger partial charge < -0.3 is 4.74 Å². The molecular weight excluding hydrogens is 192 g/mol. The topological polar surface area (TPSA) is 43.4 Å². The van der Waals surface area contributed by atoms with Crippen molar-refractivity contribution >= 4 is 11.8 Å². The van der Waals surface area contributed by atoms with Crippen molar-refractivity contribution in [1.29, 1.82) is 0 Å². The van der Waals surface area contributed by atoms with E-state index in [9.17, 15) is 9.59 Å². The molecule has 2 aliphatic carbocycles. The zero-order valence-corrected chi connectivity index (χ0v) is 8.57. The normalized spacial score (nSPS) is 39.2. The molecule has 1 aliphatic heterocycles. The Hall–Kier alpha value is -1.12. The molecule has 3 rings (SSSR count). The van der Waals surface area contributed by atoms with Crippen LogP contribution in [-0.2, 0) is 14.3 Å². The van der Waals surface area contributed by atoms with Crippen molar-refractivity contribution in [3.63, 3.8) is 0 Å². The largest absolute Gasteiger partial charge is 0.462 e. The molecule has 0 amide bonds. The summed E-state index contributed by atoms with van der Waals surface area (Å²) in [5.41, 5.74) is 0.987. The van der Waals surface area contributed by atoms with Crippen molar-refractivity contribution in [2.75, 3.05) is 0 Å². The van der Waals surface area contributed by atoms with E-state index in [0.717, 1.165) is 31.3 Å². The van der Waals surface area contributed by atoms with Gasteiger partial charge in [-0.25, -0.2) is 0 Å². The number of carbonyl (C=O) groups excluding carboxylic acids is 2. The van der Waals surface area contributed by atoms with Crippen LogP contribution in [0.25, 0.3) is 0 Å². The Bertz CT molecular complexity index is 356. The zero-order chi connectivity index (χ0) is 10.4. The predicted octanol–water partition coefficient (Wildman–Crippen LogP) is 1.62. The predicted molar refractivity (Wildman–Crippen MR) is 53.0 cm³/mol. The molecule has 15 heavy (non-hydrogen) atoms. The Morgan fingerprint density at radius 3 is 2.93 bits per heavy atom. The summed E-state index contributed by atoms with van der Waals surface area (Å²) in [5, 5.41) is 0. The monoisotopic (exact) mass is 206 g/mol. The van der Waals surface area contributed by atoms with E-state index in [1.165, 1.54) is 0 Å². The van der Waals surface area contributed by atoms with Crippen LogP contribution in [0, 0.1) is 11.8 Å². The molecule has 1 saturated carbocycles. The molecule has 3 nitrogen and oxygen atoms in total. The fourth-order valence-electron chi connectivity index (χ4n) is 3.08. The first-order valence-corrected chi connectivity index (χ1v) is 5.69. The van der Waals surface area contributed by atoms with E-state index in [2.05, 4.69) is 6.08 Å². The molecule has 3 heteroatoms. The summed E-state index contributed by atoms with van der Waals surface area (Å²) in [6.45, 7) is 0. The number of ether oxygens (including phenoxy) is 1. The van der Waals surface area contributed by atoms with Crippen molar-refractivity contribution in [3.8, 4) is 0 Å². The van der Waals surface area contributed by atoms with Crippen molar-refractivity contribution in [2.24, 2.45) is 11.8 Å². The summed E-state index contributed by atoms with van der Waals surface area (Å²) in [7, 11) is 0. The molecule has 0 aromatic rings. The van der Waals surface area contributed by atoms with Gasteiger partial charge in [0.25, 0.3) is 0 Å². The third-order valence-electron chi connectivity index (χ3n) is 3.86. The number of esters is 1. The van der Waals surface area contributed by atoms with Crippen LogP contribution in [0.1, 0.15) is 32.1 Å². The van der Waals surface area contributed by atoms with Crippen LogP contribution < -0.4 is 0 Å². The van der Waals surface area contributed by atoms with E-state index < -0.39 is 0 Å². The van der Waals surface area contributed by atoms with Crippen LogP contribution in [0.4, 0.5) is 0 Å². The van der Waals surface area contributed by atoms with Gasteiger partial charge in [-0.05, 0) is 37.2 Å². The SMILES string of the molecule is O=C1C[C@H]2C(=O)C3=CCC[C@@H]3CC[C@@H]2O1. The fraction of sp³-hybridized carbons (Fsp3) is 0.667. The molecule has 3 atom stereocenters. The molecule has 0 aromatic heterocycles. The van der Waals surface area contributed by atoms with E-state index in [1.807, 2.05) is 0 Å². The third-order valence-corrected chi connectivity index (χ3v) is 3.86. The quantitative estimate of drug-likeness (QED) is 0.566. The highest BCUT2D eigenvalue weighted by Gasteiger charge is 2.44. The second-order valence-electron chi connectivity index (χ2n) is 4.71. The molecule has 0 spiro atoms. The molecule has 1 saturated heterocycles. The highest BCUT2D eigenvalue weighted by Crippen LogP contribution is 2.40. The maximum absolute atomic E-state index is 12.2. The maximum atomic E-state index is 12.2. The van der Waals surface area contributed by atoms with E-state index in [1.54, 1.807) is 0 Å². The van der Waals surface area contributed by atoms with Crippen molar-refractivity contribution in [3.05, 3.63) is 11.6 Å². The van der Waals surface area contributed by atoms with Crippen LogP contribution in [-0.4, -0.2) is 17.9 Å². The Morgan fingerprint density at radius 2 is 2.07 bits per heavy atom. The first-order valence-electron chi connectivity index (χ1n) is 5.69. The summed E-state index contributed by atoms with van der Waals surface area (Å²) < 4.78 is 5.19. The molecule has 80 valence electrons. The van der Waals surface area contributed by atoms with E-state index in [-0.39, 0.29) is 23.8 Å². The van der Waals surface area contributed by atoms with Crippen LogP contribution in [0.3, 0.4) is 0 Å². The van der Waals surface area contributed by atoms with Gasteiger partial charge in [-0.1, -0.05) is 6.08 Å². The lowest BCUT2D eigenvalue weighted by atomic mass is 9.91. The van der Waals surface area contributed by atoms with Gasteiger partial charge in [0.2, 0.25) is 0 Å². The Kier molecular flexibility index (Phi) is 1.94. The summed E-state index contributed by atoms with van der Waals surface area (Å²) >= 11 is 0. The Morgan fingerprint density at radius 1 is 1.20 bits per heavy atom. The smallest absolute Gasteiger partial charge is 0.306 e. The molecule has 2 fully saturated rings. The van der Waals surface area contributed by atoms with Gasteiger partial charge in [0, 0.05) is 0 Å². The lowest BCUT2D eigenvalue weighted by Crippen LogP contribution is -2.23. The second kappa shape index (κ2) is 3.19. The number of ketones is 1. The lowest BCUT2D eigenvalue weighted by Gasteiger charge is -2.11. The average Bonchev–Trinajstić information content (AvgIpc) is 2.77. The lowest BCUT2D eigenvalue weighted by molar-refractivity contribution is -0.141. The van der Waals surface area contributed by atoms with Crippen molar-refractivity contribution in [1.82, 2.24) is 0 Å². The minimum absolute atomic E-state index is 0.128. The first-order chi connectivity index (χ1) is 7.25. The molecule has 3 aliphatic rings. The molecule has 0 unspecified atom stereocenters. The summed E-state index contributed by atoms with van der Waals surface area (Å²) in [6.07, 6.45) is 6.24. The summed E-state index contributed by atoms with van der Waals surface area (Å²) in [5.74, 6) is 0.259.